The van der Waals surface area contributed by atoms with Crippen LogP contribution in [0, 0.1) is 12.8 Å². The van der Waals surface area contributed by atoms with Crippen LogP contribution >= 0.6 is 0 Å². The quantitative estimate of drug-likeness (QED) is 0.839. The molecular formula is C14H21N3O. The number of anilines is 1. The third kappa shape index (κ3) is 3.22. The Hall–Kier alpha value is -1.58. The lowest BCUT2D eigenvalue weighted by atomic mass is 9.85. The minimum atomic E-state index is 0.00607. The largest absolute Gasteiger partial charge is 0.370 e. The summed E-state index contributed by atoms with van der Waals surface area (Å²) in [5.41, 5.74) is 1.56. The van der Waals surface area contributed by atoms with Gasteiger partial charge in [0.2, 0.25) is 0 Å². The minimum Gasteiger partial charge on any atom is -0.370 e. The maximum Gasteiger partial charge on any atom is 0.251 e. The van der Waals surface area contributed by atoms with Gasteiger partial charge in [-0.2, -0.15) is 0 Å². The van der Waals surface area contributed by atoms with Crippen LogP contribution in [0.2, 0.25) is 0 Å². The molecule has 1 fully saturated rings. The first-order chi connectivity index (χ1) is 8.69. The van der Waals surface area contributed by atoms with Crippen LogP contribution in [-0.2, 0) is 0 Å². The van der Waals surface area contributed by atoms with Crippen molar-refractivity contribution in [3.63, 3.8) is 0 Å². The molecule has 1 aromatic rings. The molecule has 0 radical (unpaired) electrons. The highest BCUT2D eigenvalue weighted by Crippen LogP contribution is 2.25. The van der Waals surface area contributed by atoms with E-state index < -0.39 is 0 Å². The number of nitrogens with zero attached hydrogens (tertiary/aromatic N) is 1. The monoisotopic (exact) mass is 247 g/mol. The van der Waals surface area contributed by atoms with E-state index in [1.165, 1.54) is 19.3 Å². The van der Waals surface area contributed by atoms with Gasteiger partial charge in [-0.15, -0.1) is 0 Å². The van der Waals surface area contributed by atoms with Crippen molar-refractivity contribution in [2.75, 3.05) is 18.4 Å². The summed E-state index contributed by atoms with van der Waals surface area (Å²) < 4.78 is 0. The van der Waals surface area contributed by atoms with Crippen LogP contribution in [-0.4, -0.2) is 24.0 Å². The Morgan fingerprint density at radius 2 is 2.22 bits per heavy atom. The second-order valence-electron chi connectivity index (χ2n) is 4.92. The summed E-state index contributed by atoms with van der Waals surface area (Å²) >= 11 is 0. The van der Waals surface area contributed by atoms with E-state index in [0.29, 0.717) is 11.5 Å². The highest BCUT2D eigenvalue weighted by molar-refractivity contribution is 5.95. The number of aryl methyl sites for hydroxylation is 1. The van der Waals surface area contributed by atoms with Crippen LogP contribution in [0.4, 0.5) is 5.82 Å². The zero-order chi connectivity index (χ0) is 13.0. The SMILES string of the molecule is CCNc1cc(C(=O)NCC2CCC2)cc(C)n1. The van der Waals surface area contributed by atoms with E-state index in [1.54, 1.807) is 0 Å². The lowest BCUT2D eigenvalue weighted by Gasteiger charge is -2.25. The Labute approximate surface area is 108 Å². The third-order valence-electron chi connectivity index (χ3n) is 3.35. The van der Waals surface area contributed by atoms with Gasteiger partial charge >= 0.3 is 0 Å². The Kier molecular flexibility index (Phi) is 4.18. The van der Waals surface area contributed by atoms with E-state index >= 15 is 0 Å². The molecule has 0 spiro atoms. The first-order valence-corrected chi connectivity index (χ1v) is 6.69. The average molecular weight is 247 g/mol. The molecule has 18 heavy (non-hydrogen) atoms. The van der Waals surface area contributed by atoms with Crippen molar-refractivity contribution in [1.29, 1.82) is 0 Å². The topological polar surface area (TPSA) is 54.0 Å². The van der Waals surface area contributed by atoms with E-state index in [-0.39, 0.29) is 5.91 Å². The molecule has 0 aromatic carbocycles. The predicted octanol–water partition coefficient (Wildman–Crippen LogP) is 2.35. The van der Waals surface area contributed by atoms with Crippen molar-refractivity contribution < 1.29 is 4.79 Å². The standard InChI is InChI=1S/C14H21N3O/c1-3-15-13-8-12(7-10(2)17-13)14(18)16-9-11-5-4-6-11/h7-8,11H,3-6,9H2,1-2H3,(H,15,17)(H,16,18). The predicted molar refractivity (Wildman–Crippen MR) is 72.8 cm³/mol. The third-order valence-corrected chi connectivity index (χ3v) is 3.35. The van der Waals surface area contributed by atoms with E-state index in [2.05, 4.69) is 15.6 Å². The van der Waals surface area contributed by atoms with Crippen LogP contribution in [0.3, 0.4) is 0 Å². The van der Waals surface area contributed by atoms with Gasteiger partial charge in [0.05, 0.1) is 0 Å². The summed E-state index contributed by atoms with van der Waals surface area (Å²) in [7, 11) is 0. The highest BCUT2D eigenvalue weighted by atomic mass is 16.1. The van der Waals surface area contributed by atoms with Crippen LogP contribution < -0.4 is 10.6 Å². The molecule has 0 saturated heterocycles. The molecule has 98 valence electrons. The van der Waals surface area contributed by atoms with Gasteiger partial charge in [-0.25, -0.2) is 4.98 Å². The van der Waals surface area contributed by atoms with Crippen molar-refractivity contribution in [2.24, 2.45) is 5.92 Å². The highest BCUT2D eigenvalue weighted by Gasteiger charge is 2.18. The normalized spacial score (nSPS) is 15.0. The number of amides is 1. The molecule has 1 aliphatic rings. The number of hydrogen-bond acceptors (Lipinski definition) is 3. The molecule has 0 aliphatic heterocycles. The molecule has 2 rings (SSSR count). The molecule has 0 unspecified atom stereocenters. The fourth-order valence-electron chi connectivity index (χ4n) is 2.11. The molecule has 1 heterocycles. The number of nitrogens with one attached hydrogen (secondary N) is 2. The molecule has 2 N–H and O–H groups in total. The smallest absolute Gasteiger partial charge is 0.251 e. The molecule has 4 heteroatoms. The van der Waals surface area contributed by atoms with Crippen LogP contribution in [0.1, 0.15) is 42.2 Å². The first-order valence-electron chi connectivity index (χ1n) is 6.69. The number of rotatable bonds is 5. The Bertz CT molecular complexity index is 427. The van der Waals surface area contributed by atoms with Gasteiger partial charge in [0, 0.05) is 24.3 Å². The van der Waals surface area contributed by atoms with Crippen molar-refractivity contribution in [3.8, 4) is 0 Å². The van der Waals surface area contributed by atoms with E-state index in [1.807, 2.05) is 26.0 Å². The number of aromatic nitrogens is 1. The van der Waals surface area contributed by atoms with Gasteiger partial charge in [-0.05, 0) is 44.7 Å². The lowest BCUT2D eigenvalue weighted by Crippen LogP contribution is -2.32. The Morgan fingerprint density at radius 3 is 2.83 bits per heavy atom. The van der Waals surface area contributed by atoms with Crippen molar-refractivity contribution >= 4 is 11.7 Å². The van der Waals surface area contributed by atoms with E-state index in [4.69, 9.17) is 0 Å². The number of hydrogen-bond donors (Lipinski definition) is 2. The van der Waals surface area contributed by atoms with Gasteiger partial charge in [-0.3, -0.25) is 4.79 Å². The molecule has 1 saturated carbocycles. The summed E-state index contributed by atoms with van der Waals surface area (Å²) in [6.07, 6.45) is 3.80. The van der Waals surface area contributed by atoms with Crippen molar-refractivity contribution in [3.05, 3.63) is 23.4 Å². The molecule has 1 amide bonds. The van der Waals surface area contributed by atoms with Gasteiger partial charge in [-0.1, -0.05) is 6.42 Å². The van der Waals surface area contributed by atoms with E-state index in [9.17, 15) is 4.79 Å². The summed E-state index contributed by atoms with van der Waals surface area (Å²) in [5.74, 6) is 1.46. The maximum atomic E-state index is 12.0. The summed E-state index contributed by atoms with van der Waals surface area (Å²) in [6, 6.07) is 3.64. The number of carbonyl (C=O) groups excluding carboxylic acids is 1. The first kappa shape index (κ1) is 12.9. The second kappa shape index (κ2) is 5.85. The second-order valence-corrected chi connectivity index (χ2v) is 4.92. The van der Waals surface area contributed by atoms with Gasteiger partial charge in [0.25, 0.3) is 5.91 Å². The van der Waals surface area contributed by atoms with Crippen LogP contribution in [0.15, 0.2) is 12.1 Å². The fourth-order valence-corrected chi connectivity index (χ4v) is 2.11. The molecule has 0 atom stereocenters. The van der Waals surface area contributed by atoms with Gasteiger partial charge in [0.1, 0.15) is 5.82 Å². The Morgan fingerprint density at radius 1 is 1.44 bits per heavy atom. The molecule has 4 nitrogen and oxygen atoms in total. The zero-order valence-corrected chi connectivity index (χ0v) is 11.1. The summed E-state index contributed by atoms with van der Waals surface area (Å²) in [5, 5.41) is 6.14. The molecular weight excluding hydrogens is 226 g/mol. The lowest BCUT2D eigenvalue weighted by molar-refractivity contribution is 0.0939. The van der Waals surface area contributed by atoms with Crippen LogP contribution in [0.5, 0.6) is 0 Å². The molecule has 1 aliphatic carbocycles. The van der Waals surface area contributed by atoms with Crippen molar-refractivity contribution in [1.82, 2.24) is 10.3 Å². The summed E-state index contributed by atoms with van der Waals surface area (Å²) in [4.78, 5) is 16.4. The number of pyridine rings is 1. The molecule has 0 bridgehead atoms. The molecule has 1 aromatic heterocycles. The fraction of sp³-hybridized carbons (Fsp3) is 0.571. The van der Waals surface area contributed by atoms with Crippen LogP contribution in [0.25, 0.3) is 0 Å². The number of carbonyl (C=O) groups is 1. The zero-order valence-electron chi connectivity index (χ0n) is 11.1. The maximum absolute atomic E-state index is 12.0. The van der Waals surface area contributed by atoms with Gasteiger partial charge < -0.3 is 10.6 Å². The van der Waals surface area contributed by atoms with E-state index in [0.717, 1.165) is 24.6 Å². The Balaban J connectivity index is 1.99. The summed E-state index contributed by atoms with van der Waals surface area (Å²) in [6.45, 7) is 5.53. The van der Waals surface area contributed by atoms with Crippen molar-refractivity contribution in [2.45, 2.75) is 33.1 Å². The minimum absolute atomic E-state index is 0.00607. The average Bonchev–Trinajstić information content (AvgIpc) is 2.26. The van der Waals surface area contributed by atoms with Gasteiger partial charge in [0.15, 0.2) is 0 Å².